The number of hydrogen-bond acceptors (Lipinski definition) is 4. The molecule has 1 N–H and O–H groups in total. The molecule has 0 aliphatic heterocycles. The summed E-state index contributed by atoms with van der Waals surface area (Å²) in [6, 6.07) is 0. The Morgan fingerprint density at radius 1 is 1.50 bits per heavy atom. The first-order valence-corrected chi connectivity index (χ1v) is 7.31. The number of aromatic nitrogens is 2. The summed E-state index contributed by atoms with van der Waals surface area (Å²) >= 11 is 1.50. The minimum Gasteiger partial charge on any atom is -0.481 e. The van der Waals surface area contributed by atoms with Crippen LogP contribution in [-0.2, 0) is 16.0 Å². The number of carboxylic acid groups (broad SMARTS) is 1. The van der Waals surface area contributed by atoms with E-state index in [1.165, 1.54) is 11.3 Å². The molecule has 0 spiro atoms. The minimum absolute atomic E-state index is 0.0250. The van der Waals surface area contributed by atoms with Crippen LogP contribution in [0.1, 0.15) is 24.7 Å². The van der Waals surface area contributed by atoms with Crippen molar-refractivity contribution < 1.29 is 14.7 Å². The van der Waals surface area contributed by atoms with E-state index in [4.69, 9.17) is 5.11 Å². The number of carboxylic acids is 1. The van der Waals surface area contributed by atoms with Crippen molar-refractivity contribution in [3.63, 3.8) is 0 Å². The second-order valence-corrected chi connectivity index (χ2v) is 5.39. The first-order valence-electron chi connectivity index (χ1n) is 6.43. The summed E-state index contributed by atoms with van der Waals surface area (Å²) in [6.07, 6.45) is 2.15. The van der Waals surface area contributed by atoms with Gasteiger partial charge in [0, 0.05) is 30.4 Å². The van der Waals surface area contributed by atoms with E-state index in [0.717, 1.165) is 16.3 Å². The molecule has 6 nitrogen and oxygen atoms in total. The molecule has 0 saturated heterocycles. The number of carbonyl (C=O) groups is 2. The molecule has 0 aromatic carbocycles. The van der Waals surface area contributed by atoms with Crippen LogP contribution in [0.25, 0.3) is 4.96 Å². The van der Waals surface area contributed by atoms with Crippen LogP contribution in [0.5, 0.6) is 0 Å². The molecular formula is C13H17N3O3S. The minimum atomic E-state index is -0.889. The van der Waals surface area contributed by atoms with Crippen molar-refractivity contribution in [3.05, 3.63) is 23.0 Å². The van der Waals surface area contributed by atoms with E-state index in [0.29, 0.717) is 6.54 Å². The molecule has 0 unspecified atom stereocenters. The van der Waals surface area contributed by atoms with Crippen molar-refractivity contribution in [1.82, 2.24) is 14.3 Å². The highest BCUT2D eigenvalue weighted by atomic mass is 32.1. The SMILES string of the molecule is CCN(CCC(=O)O)C(=O)Cc1csc2nc(C)cn12. The van der Waals surface area contributed by atoms with Crippen molar-refractivity contribution in [3.8, 4) is 0 Å². The van der Waals surface area contributed by atoms with Gasteiger partial charge in [0.05, 0.1) is 18.5 Å². The summed E-state index contributed by atoms with van der Waals surface area (Å²) < 4.78 is 1.92. The van der Waals surface area contributed by atoms with Crippen molar-refractivity contribution in [2.24, 2.45) is 0 Å². The van der Waals surface area contributed by atoms with Crippen LogP contribution in [0.3, 0.4) is 0 Å². The Bertz CT molecular complexity index is 632. The second-order valence-electron chi connectivity index (χ2n) is 4.56. The number of rotatable bonds is 6. The van der Waals surface area contributed by atoms with Gasteiger partial charge in [-0.15, -0.1) is 11.3 Å². The van der Waals surface area contributed by atoms with E-state index in [9.17, 15) is 9.59 Å². The zero-order valence-electron chi connectivity index (χ0n) is 11.5. The highest BCUT2D eigenvalue weighted by Gasteiger charge is 2.16. The van der Waals surface area contributed by atoms with Gasteiger partial charge in [0.15, 0.2) is 4.96 Å². The number of likely N-dealkylation sites (N-methyl/N-ethyl adjacent to an activating group) is 1. The van der Waals surface area contributed by atoms with Gasteiger partial charge in [-0.2, -0.15) is 0 Å². The summed E-state index contributed by atoms with van der Waals surface area (Å²) in [5.74, 6) is -0.945. The van der Waals surface area contributed by atoms with E-state index < -0.39 is 5.97 Å². The summed E-state index contributed by atoms with van der Waals surface area (Å²) in [4.78, 5) is 29.6. The van der Waals surface area contributed by atoms with E-state index >= 15 is 0 Å². The fourth-order valence-electron chi connectivity index (χ4n) is 2.03. The molecule has 7 heteroatoms. The standard InChI is InChI=1S/C13H17N3O3S/c1-3-15(5-4-12(18)19)11(17)6-10-8-20-13-14-9(2)7-16(10)13/h7-8H,3-6H2,1-2H3,(H,18,19). The van der Waals surface area contributed by atoms with Crippen LogP contribution < -0.4 is 0 Å². The first-order chi connectivity index (χ1) is 9.51. The summed E-state index contributed by atoms with van der Waals surface area (Å²) in [5, 5.41) is 10.6. The molecule has 2 rings (SSSR count). The largest absolute Gasteiger partial charge is 0.481 e. The van der Waals surface area contributed by atoms with Crippen LogP contribution >= 0.6 is 11.3 Å². The molecule has 0 bridgehead atoms. The van der Waals surface area contributed by atoms with E-state index in [-0.39, 0.29) is 25.3 Å². The smallest absolute Gasteiger partial charge is 0.305 e. The maximum Gasteiger partial charge on any atom is 0.305 e. The molecule has 0 saturated carbocycles. The number of nitrogens with zero attached hydrogens (tertiary/aromatic N) is 3. The molecule has 0 radical (unpaired) electrons. The number of hydrogen-bond donors (Lipinski definition) is 1. The maximum atomic E-state index is 12.2. The third-order valence-corrected chi connectivity index (χ3v) is 3.95. The van der Waals surface area contributed by atoms with Gasteiger partial charge in [-0.3, -0.25) is 14.0 Å². The third kappa shape index (κ3) is 3.16. The van der Waals surface area contributed by atoms with Gasteiger partial charge in [-0.25, -0.2) is 4.98 Å². The predicted octanol–water partition coefficient (Wildman–Crippen LogP) is 1.57. The van der Waals surface area contributed by atoms with Crippen molar-refractivity contribution >= 4 is 28.2 Å². The Labute approximate surface area is 120 Å². The number of aliphatic carboxylic acids is 1. The van der Waals surface area contributed by atoms with E-state index in [2.05, 4.69) is 4.98 Å². The zero-order valence-corrected chi connectivity index (χ0v) is 12.3. The molecule has 0 aliphatic rings. The molecule has 20 heavy (non-hydrogen) atoms. The monoisotopic (exact) mass is 295 g/mol. The lowest BCUT2D eigenvalue weighted by Gasteiger charge is -2.19. The molecular weight excluding hydrogens is 278 g/mol. The topological polar surface area (TPSA) is 74.9 Å². The predicted molar refractivity (Wildman–Crippen MR) is 76.0 cm³/mol. The van der Waals surface area contributed by atoms with Gasteiger partial charge < -0.3 is 10.0 Å². The molecule has 0 fully saturated rings. The molecule has 0 aliphatic carbocycles. The van der Waals surface area contributed by atoms with Gasteiger partial charge >= 0.3 is 5.97 Å². The van der Waals surface area contributed by atoms with Gasteiger partial charge in [-0.05, 0) is 13.8 Å². The summed E-state index contributed by atoms with van der Waals surface area (Å²) in [6.45, 7) is 4.53. The average Bonchev–Trinajstić information content (AvgIpc) is 2.90. The number of imidazole rings is 1. The number of fused-ring (bicyclic) bond motifs is 1. The Morgan fingerprint density at radius 3 is 2.90 bits per heavy atom. The lowest BCUT2D eigenvalue weighted by molar-refractivity contribution is -0.138. The Hall–Kier alpha value is -1.89. The van der Waals surface area contributed by atoms with Crippen molar-refractivity contribution in [2.45, 2.75) is 26.7 Å². The van der Waals surface area contributed by atoms with Crippen molar-refractivity contribution in [2.75, 3.05) is 13.1 Å². The molecule has 1 amide bonds. The van der Waals surface area contributed by atoms with Crippen LogP contribution in [0.2, 0.25) is 0 Å². The van der Waals surface area contributed by atoms with Crippen molar-refractivity contribution in [1.29, 1.82) is 0 Å². The molecule has 108 valence electrons. The average molecular weight is 295 g/mol. The van der Waals surface area contributed by atoms with Gasteiger partial charge in [0.2, 0.25) is 5.91 Å². The number of amides is 1. The number of aryl methyl sites for hydroxylation is 1. The van der Waals surface area contributed by atoms with E-state index in [1.807, 2.05) is 29.8 Å². The molecule has 2 heterocycles. The van der Waals surface area contributed by atoms with Gasteiger partial charge in [0.1, 0.15) is 0 Å². The lowest BCUT2D eigenvalue weighted by atomic mass is 10.2. The fourth-order valence-corrected chi connectivity index (χ4v) is 2.94. The highest BCUT2D eigenvalue weighted by Crippen LogP contribution is 2.17. The van der Waals surface area contributed by atoms with Gasteiger partial charge in [0.25, 0.3) is 0 Å². The Kier molecular flexibility index (Phi) is 4.39. The van der Waals surface area contributed by atoms with E-state index in [1.54, 1.807) is 4.90 Å². The number of thiazole rings is 1. The summed E-state index contributed by atoms with van der Waals surface area (Å²) in [7, 11) is 0. The molecule has 2 aromatic heterocycles. The quantitative estimate of drug-likeness (QED) is 0.877. The zero-order chi connectivity index (χ0) is 14.7. The van der Waals surface area contributed by atoms with Gasteiger partial charge in [-0.1, -0.05) is 0 Å². The van der Waals surface area contributed by atoms with Crippen LogP contribution in [0, 0.1) is 6.92 Å². The highest BCUT2D eigenvalue weighted by molar-refractivity contribution is 7.15. The maximum absolute atomic E-state index is 12.2. The number of carbonyl (C=O) groups excluding carboxylic acids is 1. The van der Waals surface area contributed by atoms with Crippen LogP contribution in [0.15, 0.2) is 11.6 Å². The second kappa shape index (κ2) is 6.04. The summed E-state index contributed by atoms with van der Waals surface area (Å²) in [5.41, 5.74) is 1.81. The van der Waals surface area contributed by atoms with Crippen LogP contribution in [0.4, 0.5) is 0 Å². The molecule has 2 aromatic rings. The Morgan fingerprint density at radius 2 is 2.25 bits per heavy atom. The lowest BCUT2D eigenvalue weighted by Crippen LogP contribution is -2.34. The fraction of sp³-hybridized carbons (Fsp3) is 0.462. The van der Waals surface area contributed by atoms with Crippen LogP contribution in [-0.4, -0.2) is 44.4 Å². The third-order valence-electron chi connectivity index (χ3n) is 3.07. The normalized spacial score (nSPS) is 10.9. The first kappa shape index (κ1) is 14.5. The molecule has 0 atom stereocenters. The Balaban J connectivity index is 2.07.